The van der Waals surface area contributed by atoms with Crippen LogP contribution in [-0.2, 0) is 13.0 Å². The van der Waals surface area contributed by atoms with Gasteiger partial charge in [0.05, 0.1) is 12.1 Å². The van der Waals surface area contributed by atoms with Crippen LogP contribution in [0.1, 0.15) is 11.1 Å². The molecule has 110 valence electrons. The Morgan fingerprint density at radius 2 is 2.10 bits per heavy atom. The van der Waals surface area contributed by atoms with Gasteiger partial charge in [-0.2, -0.15) is 0 Å². The molecular weight excluding hydrogens is 284 g/mol. The number of halogens is 1. The fourth-order valence-electron chi connectivity index (χ4n) is 2.70. The quantitative estimate of drug-likeness (QED) is 0.925. The molecule has 2 aromatic rings. The molecule has 0 spiro atoms. The summed E-state index contributed by atoms with van der Waals surface area (Å²) in [6.45, 7) is 1.91. The van der Waals surface area contributed by atoms with Gasteiger partial charge in [-0.25, -0.2) is 0 Å². The van der Waals surface area contributed by atoms with Crippen molar-refractivity contribution >= 4 is 23.0 Å². The summed E-state index contributed by atoms with van der Waals surface area (Å²) < 4.78 is 5.23. The fraction of sp³-hybridized carbons (Fsp3) is 0.294. The Morgan fingerprint density at radius 3 is 2.90 bits per heavy atom. The maximum absolute atomic E-state index is 6.03. The molecule has 1 N–H and O–H groups in total. The van der Waals surface area contributed by atoms with Crippen molar-refractivity contribution < 1.29 is 4.74 Å². The number of fused-ring (bicyclic) bond motifs is 1. The van der Waals surface area contributed by atoms with Crippen molar-refractivity contribution in [1.29, 1.82) is 0 Å². The number of anilines is 2. The Hall–Kier alpha value is -1.87. The van der Waals surface area contributed by atoms with Crippen LogP contribution in [0.3, 0.4) is 0 Å². The minimum atomic E-state index is 0.628. The molecule has 0 bridgehead atoms. The first-order valence-corrected chi connectivity index (χ1v) is 7.45. The molecule has 1 aliphatic heterocycles. The first-order valence-electron chi connectivity index (χ1n) is 7.08. The third-order valence-corrected chi connectivity index (χ3v) is 4.23. The second-order valence-electron chi connectivity index (χ2n) is 5.34. The van der Waals surface area contributed by atoms with E-state index in [-0.39, 0.29) is 0 Å². The standard InChI is InChI=1S/C17H19ClN2O/c1-20-8-7-13-9-12(3-6-16(13)20)11-19-14-4-5-15(18)17(10-14)21-2/h3-6,9-10,19H,7-8,11H2,1-2H3. The molecule has 0 atom stereocenters. The fourth-order valence-corrected chi connectivity index (χ4v) is 2.90. The molecule has 0 saturated heterocycles. The number of hydrogen-bond donors (Lipinski definition) is 1. The van der Waals surface area contributed by atoms with Crippen LogP contribution in [0.2, 0.25) is 5.02 Å². The molecule has 0 fully saturated rings. The monoisotopic (exact) mass is 302 g/mol. The minimum absolute atomic E-state index is 0.628. The molecule has 1 aliphatic rings. The Labute approximate surface area is 130 Å². The average molecular weight is 303 g/mol. The van der Waals surface area contributed by atoms with Crippen molar-refractivity contribution in [3.63, 3.8) is 0 Å². The van der Waals surface area contributed by atoms with E-state index in [9.17, 15) is 0 Å². The van der Waals surface area contributed by atoms with E-state index in [1.54, 1.807) is 7.11 Å². The van der Waals surface area contributed by atoms with E-state index in [0.29, 0.717) is 10.8 Å². The van der Waals surface area contributed by atoms with Crippen molar-refractivity contribution in [3.05, 3.63) is 52.5 Å². The maximum Gasteiger partial charge on any atom is 0.139 e. The zero-order valence-electron chi connectivity index (χ0n) is 12.3. The topological polar surface area (TPSA) is 24.5 Å². The number of nitrogens with one attached hydrogen (secondary N) is 1. The van der Waals surface area contributed by atoms with Crippen molar-refractivity contribution in [3.8, 4) is 5.75 Å². The summed E-state index contributed by atoms with van der Waals surface area (Å²) in [5.74, 6) is 0.692. The SMILES string of the molecule is COc1cc(NCc2ccc3c(c2)CCN3C)ccc1Cl. The van der Waals surface area contributed by atoms with E-state index < -0.39 is 0 Å². The number of methoxy groups -OCH3 is 1. The zero-order valence-corrected chi connectivity index (χ0v) is 13.1. The first kappa shape index (κ1) is 14.1. The summed E-state index contributed by atoms with van der Waals surface area (Å²) in [7, 11) is 3.77. The Morgan fingerprint density at radius 1 is 1.24 bits per heavy atom. The highest BCUT2D eigenvalue weighted by Crippen LogP contribution is 2.29. The lowest BCUT2D eigenvalue weighted by molar-refractivity contribution is 0.415. The lowest BCUT2D eigenvalue weighted by atomic mass is 10.1. The van der Waals surface area contributed by atoms with Gasteiger partial charge in [0.15, 0.2) is 0 Å². The van der Waals surface area contributed by atoms with Gasteiger partial charge in [-0.3, -0.25) is 0 Å². The van der Waals surface area contributed by atoms with Gasteiger partial charge < -0.3 is 15.0 Å². The Kier molecular flexibility index (Phi) is 3.93. The largest absolute Gasteiger partial charge is 0.495 e. The number of likely N-dealkylation sites (N-methyl/N-ethyl adjacent to an activating group) is 1. The van der Waals surface area contributed by atoms with E-state index in [1.165, 1.54) is 16.8 Å². The number of ether oxygens (including phenoxy) is 1. The van der Waals surface area contributed by atoms with E-state index in [2.05, 4.69) is 35.5 Å². The highest BCUT2D eigenvalue weighted by molar-refractivity contribution is 6.32. The third-order valence-electron chi connectivity index (χ3n) is 3.92. The number of hydrogen-bond acceptors (Lipinski definition) is 3. The molecule has 0 unspecified atom stereocenters. The van der Waals surface area contributed by atoms with Gasteiger partial charge in [-0.05, 0) is 35.7 Å². The summed E-state index contributed by atoms with van der Waals surface area (Å²) >= 11 is 6.03. The number of benzene rings is 2. The summed E-state index contributed by atoms with van der Waals surface area (Å²) in [5.41, 5.74) is 5.09. The second kappa shape index (κ2) is 5.86. The molecular formula is C17H19ClN2O. The average Bonchev–Trinajstić information content (AvgIpc) is 2.87. The van der Waals surface area contributed by atoms with Crippen molar-refractivity contribution in [2.24, 2.45) is 0 Å². The van der Waals surface area contributed by atoms with Crippen LogP contribution in [0.25, 0.3) is 0 Å². The smallest absolute Gasteiger partial charge is 0.139 e. The van der Waals surface area contributed by atoms with Crippen molar-refractivity contribution in [2.45, 2.75) is 13.0 Å². The normalized spacial score (nSPS) is 13.2. The van der Waals surface area contributed by atoms with Crippen LogP contribution in [-0.4, -0.2) is 20.7 Å². The van der Waals surface area contributed by atoms with Crippen LogP contribution in [0.4, 0.5) is 11.4 Å². The molecule has 1 heterocycles. The number of nitrogens with zero attached hydrogens (tertiary/aromatic N) is 1. The molecule has 0 radical (unpaired) electrons. The van der Waals surface area contributed by atoms with Crippen LogP contribution >= 0.6 is 11.6 Å². The maximum atomic E-state index is 6.03. The van der Waals surface area contributed by atoms with Gasteiger partial charge in [-0.1, -0.05) is 23.7 Å². The minimum Gasteiger partial charge on any atom is -0.495 e. The van der Waals surface area contributed by atoms with Gasteiger partial charge >= 0.3 is 0 Å². The molecule has 21 heavy (non-hydrogen) atoms. The molecule has 0 amide bonds. The molecule has 0 saturated carbocycles. The van der Waals surface area contributed by atoms with Crippen molar-refractivity contribution in [1.82, 2.24) is 0 Å². The van der Waals surface area contributed by atoms with Gasteiger partial charge in [0.25, 0.3) is 0 Å². The summed E-state index contributed by atoms with van der Waals surface area (Å²) in [5, 5.41) is 4.04. The summed E-state index contributed by atoms with van der Waals surface area (Å²) in [4.78, 5) is 2.30. The number of rotatable bonds is 4. The highest BCUT2D eigenvalue weighted by atomic mass is 35.5. The molecule has 3 nitrogen and oxygen atoms in total. The third kappa shape index (κ3) is 2.93. The van der Waals surface area contributed by atoms with Gasteiger partial charge in [0, 0.05) is 37.6 Å². The van der Waals surface area contributed by atoms with Crippen LogP contribution in [0, 0.1) is 0 Å². The lowest BCUT2D eigenvalue weighted by Gasteiger charge is -2.13. The van der Waals surface area contributed by atoms with Crippen LogP contribution < -0.4 is 15.0 Å². The molecule has 0 aromatic heterocycles. The predicted octanol–water partition coefficient (Wildman–Crippen LogP) is 3.95. The van der Waals surface area contributed by atoms with E-state index in [4.69, 9.17) is 16.3 Å². The molecule has 3 rings (SSSR count). The van der Waals surface area contributed by atoms with Crippen molar-refractivity contribution in [2.75, 3.05) is 30.9 Å². The van der Waals surface area contributed by atoms with E-state index >= 15 is 0 Å². The van der Waals surface area contributed by atoms with E-state index in [1.807, 2.05) is 18.2 Å². The second-order valence-corrected chi connectivity index (χ2v) is 5.74. The molecule has 0 aliphatic carbocycles. The summed E-state index contributed by atoms with van der Waals surface area (Å²) in [6.07, 6.45) is 1.13. The van der Waals surface area contributed by atoms with Gasteiger partial charge in [0.1, 0.15) is 5.75 Å². The Bertz CT molecular complexity index is 657. The lowest BCUT2D eigenvalue weighted by Crippen LogP contribution is -2.12. The first-order chi connectivity index (χ1) is 10.2. The zero-order chi connectivity index (χ0) is 14.8. The molecule has 4 heteroatoms. The Balaban J connectivity index is 1.71. The van der Waals surface area contributed by atoms with Crippen LogP contribution in [0.15, 0.2) is 36.4 Å². The molecule has 2 aromatic carbocycles. The summed E-state index contributed by atoms with van der Waals surface area (Å²) in [6, 6.07) is 12.4. The highest BCUT2D eigenvalue weighted by Gasteiger charge is 2.15. The van der Waals surface area contributed by atoms with Gasteiger partial charge in [0.2, 0.25) is 0 Å². The van der Waals surface area contributed by atoms with Gasteiger partial charge in [-0.15, -0.1) is 0 Å². The van der Waals surface area contributed by atoms with E-state index in [0.717, 1.165) is 25.2 Å². The predicted molar refractivity (Wildman–Crippen MR) is 88.7 cm³/mol. The van der Waals surface area contributed by atoms with Crippen LogP contribution in [0.5, 0.6) is 5.75 Å².